The highest BCUT2D eigenvalue weighted by atomic mass is 16.3. The van der Waals surface area contributed by atoms with E-state index < -0.39 is 6.10 Å². The van der Waals surface area contributed by atoms with E-state index in [1.165, 1.54) is 0 Å². The van der Waals surface area contributed by atoms with Crippen molar-refractivity contribution in [3.05, 3.63) is 66.0 Å². The van der Waals surface area contributed by atoms with E-state index >= 15 is 0 Å². The number of carbonyl (C=O) groups is 1. The van der Waals surface area contributed by atoms with Crippen LogP contribution in [0.2, 0.25) is 0 Å². The summed E-state index contributed by atoms with van der Waals surface area (Å²) in [6, 6.07) is 14.3. The first-order valence-electron chi connectivity index (χ1n) is 5.69. The summed E-state index contributed by atoms with van der Waals surface area (Å²) in [7, 11) is 0. The number of aliphatic hydroxyl groups is 1. The molecule has 0 aliphatic rings. The van der Waals surface area contributed by atoms with Crippen LogP contribution in [0.25, 0.3) is 0 Å². The first-order valence-corrected chi connectivity index (χ1v) is 5.69. The smallest absolute Gasteiger partial charge is 0.269 e. The SMILES string of the molecule is O=C(NCC(O)c1ccccc1)c1ccccn1. The summed E-state index contributed by atoms with van der Waals surface area (Å²) in [6.07, 6.45) is 0.849. The minimum absolute atomic E-state index is 0.166. The number of hydrogen-bond donors (Lipinski definition) is 2. The molecule has 1 heterocycles. The van der Waals surface area contributed by atoms with Gasteiger partial charge in [-0.05, 0) is 17.7 Å². The second-order valence-corrected chi connectivity index (χ2v) is 3.85. The summed E-state index contributed by atoms with van der Waals surface area (Å²) in [4.78, 5) is 15.6. The molecule has 0 saturated carbocycles. The lowest BCUT2D eigenvalue weighted by molar-refractivity contribution is 0.0911. The van der Waals surface area contributed by atoms with Crippen molar-refractivity contribution >= 4 is 5.91 Å². The van der Waals surface area contributed by atoms with E-state index in [0.29, 0.717) is 5.69 Å². The predicted octanol–water partition coefficient (Wildman–Crippen LogP) is 1.55. The van der Waals surface area contributed by atoms with Gasteiger partial charge in [0.25, 0.3) is 5.91 Å². The van der Waals surface area contributed by atoms with Gasteiger partial charge in [-0.25, -0.2) is 0 Å². The topological polar surface area (TPSA) is 62.2 Å². The van der Waals surface area contributed by atoms with Crippen LogP contribution in [0.3, 0.4) is 0 Å². The lowest BCUT2D eigenvalue weighted by Gasteiger charge is -2.11. The van der Waals surface area contributed by atoms with E-state index in [1.54, 1.807) is 24.4 Å². The molecular formula is C14H14N2O2. The highest BCUT2D eigenvalue weighted by Crippen LogP contribution is 2.10. The maximum Gasteiger partial charge on any atom is 0.269 e. The van der Waals surface area contributed by atoms with Crippen LogP contribution in [-0.4, -0.2) is 22.5 Å². The largest absolute Gasteiger partial charge is 0.387 e. The third-order valence-electron chi connectivity index (χ3n) is 2.54. The van der Waals surface area contributed by atoms with Gasteiger partial charge in [0.1, 0.15) is 5.69 Å². The standard InChI is InChI=1S/C14H14N2O2/c17-13(11-6-2-1-3-7-11)10-16-14(18)12-8-4-5-9-15-12/h1-9,13,17H,10H2,(H,16,18). The highest BCUT2D eigenvalue weighted by molar-refractivity contribution is 5.92. The fourth-order valence-electron chi connectivity index (χ4n) is 1.57. The van der Waals surface area contributed by atoms with E-state index in [9.17, 15) is 9.90 Å². The molecule has 0 bridgehead atoms. The molecule has 0 fully saturated rings. The quantitative estimate of drug-likeness (QED) is 0.855. The Bertz CT molecular complexity index is 500. The molecule has 1 atom stereocenters. The van der Waals surface area contributed by atoms with Crippen LogP contribution >= 0.6 is 0 Å². The molecule has 1 aromatic heterocycles. The fraction of sp³-hybridized carbons (Fsp3) is 0.143. The van der Waals surface area contributed by atoms with Gasteiger partial charge in [-0.15, -0.1) is 0 Å². The van der Waals surface area contributed by atoms with E-state index in [2.05, 4.69) is 10.3 Å². The summed E-state index contributed by atoms with van der Waals surface area (Å²) >= 11 is 0. The van der Waals surface area contributed by atoms with Gasteiger partial charge in [0.15, 0.2) is 0 Å². The lowest BCUT2D eigenvalue weighted by Crippen LogP contribution is -2.28. The Morgan fingerprint density at radius 2 is 1.89 bits per heavy atom. The molecule has 2 rings (SSSR count). The van der Waals surface area contributed by atoms with Gasteiger partial charge in [0.05, 0.1) is 6.10 Å². The minimum Gasteiger partial charge on any atom is -0.387 e. The molecule has 0 aliphatic carbocycles. The van der Waals surface area contributed by atoms with Crippen LogP contribution in [0.1, 0.15) is 22.2 Å². The molecule has 0 aliphatic heterocycles. The third-order valence-corrected chi connectivity index (χ3v) is 2.54. The minimum atomic E-state index is -0.709. The molecule has 92 valence electrons. The van der Waals surface area contributed by atoms with Crippen molar-refractivity contribution in [3.63, 3.8) is 0 Å². The van der Waals surface area contributed by atoms with Crippen LogP contribution in [0.15, 0.2) is 54.7 Å². The molecule has 4 nitrogen and oxygen atoms in total. The number of carbonyl (C=O) groups excluding carboxylic acids is 1. The van der Waals surface area contributed by atoms with E-state index in [-0.39, 0.29) is 12.5 Å². The number of hydrogen-bond acceptors (Lipinski definition) is 3. The number of amides is 1. The number of benzene rings is 1. The number of pyridine rings is 1. The van der Waals surface area contributed by atoms with Crippen molar-refractivity contribution < 1.29 is 9.90 Å². The lowest BCUT2D eigenvalue weighted by atomic mass is 10.1. The molecule has 0 spiro atoms. The van der Waals surface area contributed by atoms with Crippen LogP contribution in [0.5, 0.6) is 0 Å². The second-order valence-electron chi connectivity index (χ2n) is 3.85. The Labute approximate surface area is 105 Å². The Hall–Kier alpha value is -2.20. The zero-order valence-electron chi connectivity index (χ0n) is 9.78. The molecule has 1 unspecified atom stereocenters. The van der Waals surface area contributed by atoms with Crippen molar-refractivity contribution in [3.8, 4) is 0 Å². The summed E-state index contributed by atoms with van der Waals surface area (Å²) in [5.41, 5.74) is 1.12. The molecular weight excluding hydrogens is 228 g/mol. The molecule has 2 aromatic rings. The average molecular weight is 242 g/mol. The Kier molecular flexibility index (Phi) is 4.04. The van der Waals surface area contributed by atoms with Gasteiger partial charge < -0.3 is 10.4 Å². The molecule has 1 amide bonds. The molecule has 0 radical (unpaired) electrons. The third kappa shape index (κ3) is 3.15. The zero-order valence-corrected chi connectivity index (χ0v) is 9.78. The normalized spacial score (nSPS) is 11.8. The molecule has 2 N–H and O–H groups in total. The summed E-state index contributed by atoms with van der Waals surface area (Å²) in [5, 5.41) is 12.5. The van der Waals surface area contributed by atoms with Crippen LogP contribution in [0.4, 0.5) is 0 Å². The van der Waals surface area contributed by atoms with Crippen molar-refractivity contribution in [1.82, 2.24) is 10.3 Å². The molecule has 4 heteroatoms. The first kappa shape index (κ1) is 12.3. The van der Waals surface area contributed by atoms with E-state index in [4.69, 9.17) is 0 Å². The van der Waals surface area contributed by atoms with Gasteiger partial charge in [0, 0.05) is 12.7 Å². The molecule has 1 aromatic carbocycles. The number of nitrogens with zero attached hydrogens (tertiary/aromatic N) is 1. The second kappa shape index (κ2) is 5.93. The maximum atomic E-state index is 11.7. The van der Waals surface area contributed by atoms with Crippen LogP contribution in [-0.2, 0) is 0 Å². The van der Waals surface area contributed by atoms with Gasteiger partial charge in [-0.2, -0.15) is 0 Å². The van der Waals surface area contributed by atoms with Crippen LogP contribution in [0, 0.1) is 0 Å². The first-order chi connectivity index (χ1) is 8.77. The van der Waals surface area contributed by atoms with Crippen molar-refractivity contribution in [2.24, 2.45) is 0 Å². The van der Waals surface area contributed by atoms with Crippen molar-refractivity contribution in [1.29, 1.82) is 0 Å². The monoisotopic (exact) mass is 242 g/mol. The van der Waals surface area contributed by atoms with E-state index in [0.717, 1.165) is 5.56 Å². The van der Waals surface area contributed by atoms with Gasteiger partial charge >= 0.3 is 0 Å². The summed E-state index contributed by atoms with van der Waals surface area (Å²) in [5.74, 6) is -0.286. The number of nitrogens with one attached hydrogen (secondary N) is 1. The highest BCUT2D eigenvalue weighted by Gasteiger charge is 2.10. The number of aromatic nitrogens is 1. The summed E-state index contributed by atoms with van der Waals surface area (Å²) in [6.45, 7) is 0.166. The summed E-state index contributed by atoms with van der Waals surface area (Å²) < 4.78 is 0. The number of rotatable bonds is 4. The Morgan fingerprint density at radius 1 is 1.17 bits per heavy atom. The van der Waals surface area contributed by atoms with E-state index in [1.807, 2.05) is 30.3 Å². The fourth-order valence-corrected chi connectivity index (χ4v) is 1.57. The van der Waals surface area contributed by atoms with Crippen molar-refractivity contribution in [2.45, 2.75) is 6.10 Å². The molecule has 0 saturated heterocycles. The van der Waals surface area contributed by atoms with Gasteiger partial charge in [-0.3, -0.25) is 9.78 Å². The average Bonchev–Trinajstić information content (AvgIpc) is 2.46. The Morgan fingerprint density at radius 3 is 2.56 bits per heavy atom. The van der Waals surface area contributed by atoms with Gasteiger partial charge in [-0.1, -0.05) is 36.4 Å². The number of aliphatic hydroxyl groups excluding tert-OH is 1. The molecule has 18 heavy (non-hydrogen) atoms. The van der Waals surface area contributed by atoms with Crippen molar-refractivity contribution in [2.75, 3.05) is 6.54 Å². The predicted molar refractivity (Wildman–Crippen MR) is 68.0 cm³/mol. The van der Waals surface area contributed by atoms with Gasteiger partial charge in [0.2, 0.25) is 0 Å². The van der Waals surface area contributed by atoms with Crippen LogP contribution < -0.4 is 5.32 Å². The maximum absolute atomic E-state index is 11.7. The Balaban J connectivity index is 1.91. The zero-order chi connectivity index (χ0) is 12.8.